The number of amides is 4. The Hall–Kier alpha value is -8.30. The Balaban J connectivity index is 0.933. The van der Waals surface area contributed by atoms with Gasteiger partial charge in [0.2, 0.25) is 12.2 Å². The molecule has 7 atom stereocenters. The first-order valence-corrected chi connectivity index (χ1v) is 26.2. The third-order valence-electron chi connectivity index (χ3n) is 14.4. The van der Waals surface area contributed by atoms with Crippen molar-refractivity contribution in [2.75, 3.05) is 33.4 Å². The average molecular weight is 1150 g/mol. The summed E-state index contributed by atoms with van der Waals surface area (Å²) in [6.45, 7) is -0.0127. The number of rotatable bonds is 19. The minimum Gasteiger partial charge on any atom is -0.479 e. The SMILES string of the molecule is CC[C@@]1(O)C(=O)OCc2c1cc1n(c2=O)Cc2c-1nc1cc(F)c(OS(=O)(=O)Oc3cc(C(=O)N(C)CCOCCn4cc(CN5C(=O)C=CC5=O)nn4)ccc3O[C@@H]3O[C@H](C(=O)O)[C@@H](O)[C@H](O)[C@H]3O)c3c1c2C(NC(=O)CO)CC3. The third kappa shape index (κ3) is 10.3. The standard InChI is InChI=1S/C50H49FN8O21S/c1-3-50(72)27-15-31-39-25(19-58(31)46(68)26(27)21-76-49(50)71)38-29(52-34(61)20-60)6-5-24-37(38)30(53-39)16-28(51)43(24)80-81(73,74)79-33-14-22(4-7-32(33)77-48-42(66)40(64)41(65)44(78-48)47(69)70)45(67)56(2)10-12-75-13-11-57-17-23(54-55-57)18-59-35(62)8-9-36(59)63/h4,7-9,14-17,29,40-42,44,48,60,64-66,72H,3,5-6,10-13,18-21H2,1-2H3,(H,52,61)(H,69,70)/t29?,40-,41-,42+,44-,48+,50-/m0/s1. The predicted molar refractivity (Wildman–Crippen MR) is 265 cm³/mol. The highest BCUT2D eigenvalue weighted by Crippen LogP contribution is 2.48. The summed E-state index contributed by atoms with van der Waals surface area (Å²) in [5, 5.41) is 73.1. The van der Waals surface area contributed by atoms with Crippen LogP contribution in [0.3, 0.4) is 0 Å². The fourth-order valence-corrected chi connectivity index (χ4v) is 11.0. The van der Waals surface area contributed by atoms with Gasteiger partial charge in [-0.05, 0) is 49.1 Å². The highest BCUT2D eigenvalue weighted by atomic mass is 32.3. The molecule has 10 rings (SSSR count). The molecule has 1 saturated heterocycles. The second-order valence-electron chi connectivity index (χ2n) is 19.3. The lowest BCUT2D eigenvalue weighted by molar-refractivity contribution is -0.271. The lowest BCUT2D eigenvalue weighted by Crippen LogP contribution is -2.61. The minimum atomic E-state index is -5.59. The number of nitrogens with zero attached hydrogens (tertiary/aromatic N) is 7. The number of carbonyl (C=O) groups excluding carboxylic acids is 5. The minimum absolute atomic E-state index is 0.00275. The van der Waals surface area contributed by atoms with Gasteiger partial charge in [0.25, 0.3) is 23.3 Å². The van der Waals surface area contributed by atoms with Crippen LogP contribution in [0.1, 0.15) is 69.7 Å². The van der Waals surface area contributed by atoms with Crippen LogP contribution in [0, 0.1) is 5.82 Å². The number of aliphatic carboxylic acids is 1. The number of carboxylic acid groups (broad SMARTS) is 1. The van der Waals surface area contributed by atoms with E-state index in [1.807, 2.05) is 0 Å². The fourth-order valence-electron chi connectivity index (χ4n) is 10.2. The molecule has 0 bridgehead atoms. The molecule has 7 heterocycles. The van der Waals surface area contributed by atoms with Crippen molar-refractivity contribution >= 4 is 56.9 Å². The molecule has 1 aliphatic carbocycles. The summed E-state index contributed by atoms with van der Waals surface area (Å²) < 4.78 is 80.3. The molecule has 4 aliphatic heterocycles. The number of aliphatic hydroxyl groups excluding tert-OH is 4. The van der Waals surface area contributed by atoms with Gasteiger partial charge in [-0.1, -0.05) is 12.1 Å². The number of halogens is 1. The summed E-state index contributed by atoms with van der Waals surface area (Å²) in [4.78, 5) is 96.2. The molecule has 4 amide bonds. The molecule has 0 radical (unpaired) electrons. The van der Waals surface area contributed by atoms with Crippen LogP contribution in [-0.4, -0.2) is 173 Å². The van der Waals surface area contributed by atoms with Crippen LogP contribution in [0.15, 0.2) is 53.5 Å². The molecule has 7 N–H and O–H groups in total. The van der Waals surface area contributed by atoms with Crippen molar-refractivity contribution in [1.82, 2.24) is 39.7 Å². The van der Waals surface area contributed by atoms with E-state index in [2.05, 4.69) is 15.6 Å². The highest BCUT2D eigenvalue weighted by Gasteiger charge is 2.49. The van der Waals surface area contributed by atoms with E-state index >= 15 is 4.39 Å². The van der Waals surface area contributed by atoms with Gasteiger partial charge in [-0.3, -0.25) is 28.9 Å². The van der Waals surface area contributed by atoms with Crippen molar-refractivity contribution < 1.29 is 99.5 Å². The molecule has 428 valence electrons. The van der Waals surface area contributed by atoms with Gasteiger partial charge in [0.1, 0.15) is 37.2 Å². The molecule has 5 aromatic rings. The first-order chi connectivity index (χ1) is 38.5. The number of aromatic nitrogens is 5. The summed E-state index contributed by atoms with van der Waals surface area (Å²) in [5.74, 6) is -9.09. The summed E-state index contributed by atoms with van der Waals surface area (Å²) in [6, 6.07) is 4.23. The Kier molecular flexibility index (Phi) is 15.0. The molecule has 81 heavy (non-hydrogen) atoms. The van der Waals surface area contributed by atoms with Crippen LogP contribution in [-0.2, 0) is 86.8 Å². The third-order valence-corrected chi connectivity index (χ3v) is 15.1. The summed E-state index contributed by atoms with van der Waals surface area (Å²) in [5.41, 5.74) is -2.23. The quantitative estimate of drug-likeness (QED) is 0.0264. The maximum Gasteiger partial charge on any atom is 0.501 e. The summed E-state index contributed by atoms with van der Waals surface area (Å²) in [7, 11) is -4.22. The smallest absolute Gasteiger partial charge is 0.479 e. The van der Waals surface area contributed by atoms with Crippen molar-refractivity contribution in [2.45, 2.75) is 94.8 Å². The Bertz CT molecular complexity index is 3670. The number of likely N-dealkylation sites (N-methyl/N-ethyl adjacent to an activating group) is 1. The van der Waals surface area contributed by atoms with Crippen LogP contribution in [0.5, 0.6) is 17.2 Å². The molecule has 0 saturated carbocycles. The molecule has 2 aromatic carbocycles. The lowest BCUT2D eigenvalue weighted by Gasteiger charge is -2.38. The topological polar surface area (TPSA) is 397 Å². The van der Waals surface area contributed by atoms with Crippen molar-refractivity contribution in [3.8, 4) is 28.6 Å². The first kappa shape index (κ1) is 56.0. The maximum absolute atomic E-state index is 16.7. The highest BCUT2D eigenvalue weighted by molar-refractivity contribution is 7.82. The first-order valence-electron chi connectivity index (χ1n) is 24.9. The number of nitrogens with one attached hydrogen (secondary N) is 1. The molecule has 5 aliphatic rings. The summed E-state index contributed by atoms with van der Waals surface area (Å²) >= 11 is 0. The Morgan fingerprint density at radius 2 is 1.73 bits per heavy atom. The van der Waals surface area contributed by atoms with Crippen molar-refractivity contribution in [1.29, 1.82) is 0 Å². The molecule has 29 nitrogen and oxygen atoms in total. The van der Waals surface area contributed by atoms with Crippen LogP contribution < -0.4 is 24.0 Å². The number of ether oxygens (including phenoxy) is 4. The number of aryl methyl sites for hydroxylation is 1. The monoisotopic (exact) mass is 1150 g/mol. The van der Waals surface area contributed by atoms with Crippen LogP contribution in [0.25, 0.3) is 22.3 Å². The van der Waals surface area contributed by atoms with Gasteiger partial charge in [0.05, 0.1) is 67.6 Å². The number of hydrogen-bond acceptors (Lipinski definition) is 23. The normalized spacial score (nSPS) is 22.7. The second kappa shape index (κ2) is 21.6. The zero-order chi connectivity index (χ0) is 58.0. The molecular weight excluding hydrogens is 1100 g/mol. The van der Waals surface area contributed by atoms with E-state index in [0.717, 1.165) is 41.3 Å². The number of pyridine rings is 2. The zero-order valence-corrected chi connectivity index (χ0v) is 43.4. The van der Waals surface area contributed by atoms with E-state index in [1.54, 1.807) is 0 Å². The second-order valence-corrected chi connectivity index (χ2v) is 20.5. The van der Waals surface area contributed by atoms with E-state index in [1.165, 1.54) is 40.4 Å². The van der Waals surface area contributed by atoms with Gasteiger partial charge >= 0.3 is 22.3 Å². The van der Waals surface area contributed by atoms with Gasteiger partial charge in [0, 0.05) is 59.5 Å². The maximum atomic E-state index is 16.7. The van der Waals surface area contributed by atoms with E-state index < -0.39 is 130 Å². The van der Waals surface area contributed by atoms with Crippen LogP contribution >= 0.6 is 0 Å². The summed E-state index contributed by atoms with van der Waals surface area (Å²) in [6.07, 6.45) is -7.42. The van der Waals surface area contributed by atoms with Gasteiger partial charge in [-0.2, -0.15) is 0 Å². The Morgan fingerprint density at radius 3 is 2.44 bits per heavy atom. The lowest BCUT2D eigenvalue weighted by atomic mass is 9.82. The van der Waals surface area contributed by atoms with Gasteiger partial charge < -0.3 is 72.7 Å². The van der Waals surface area contributed by atoms with Crippen molar-refractivity contribution in [2.24, 2.45) is 0 Å². The van der Waals surface area contributed by atoms with Gasteiger partial charge in [-0.15, -0.1) is 13.5 Å². The number of imide groups is 1. The molecule has 31 heteroatoms. The number of carboxylic acids is 1. The van der Waals surface area contributed by atoms with Crippen molar-refractivity contribution in [3.63, 3.8) is 0 Å². The number of aliphatic hydroxyl groups is 5. The van der Waals surface area contributed by atoms with Crippen molar-refractivity contribution in [3.05, 3.63) is 104 Å². The number of esters is 1. The van der Waals surface area contributed by atoms with Crippen LogP contribution in [0.4, 0.5) is 4.39 Å². The van der Waals surface area contributed by atoms with E-state index in [4.69, 9.17) is 32.3 Å². The number of cyclic esters (lactones) is 1. The van der Waals surface area contributed by atoms with E-state index in [-0.39, 0.29) is 109 Å². The predicted octanol–water partition coefficient (Wildman–Crippen LogP) is -1.91. The Labute approximate surface area is 455 Å². The van der Waals surface area contributed by atoms with E-state index in [0.29, 0.717) is 11.3 Å². The molecule has 3 aromatic heterocycles. The molecule has 1 fully saturated rings. The number of hydrogen-bond donors (Lipinski definition) is 7. The fraction of sp³-hybridized carbons (Fsp3) is 0.400. The Morgan fingerprint density at radius 1 is 0.975 bits per heavy atom. The average Bonchev–Trinajstić information content (AvgIpc) is 2.44. The molecule has 0 spiro atoms. The molecule has 1 unspecified atom stereocenters. The number of carbonyl (C=O) groups is 6. The van der Waals surface area contributed by atoms with Gasteiger partial charge in [-0.25, -0.2) is 23.6 Å². The molecular formula is C50H49FN8O21S. The number of benzene rings is 2. The van der Waals surface area contributed by atoms with E-state index in [9.17, 15) is 72.6 Å². The number of fused-ring (bicyclic) bond motifs is 5. The van der Waals surface area contributed by atoms with Gasteiger partial charge in [0.15, 0.2) is 34.8 Å². The van der Waals surface area contributed by atoms with Crippen LogP contribution in [0.2, 0.25) is 0 Å². The largest absolute Gasteiger partial charge is 0.501 e. The zero-order valence-electron chi connectivity index (χ0n) is 42.6.